The van der Waals surface area contributed by atoms with Gasteiger partial charge in [0.2, 0.25) is 0 Å². The van der Waals surface area contributed by atoms with E-state index in [0.29, 0.717) is 5.56 Å². The number of carbonyl (C=O) groups is 1. The van der Waals surface area contributed by atoms with Gasteiger partial charge in [0.15, 0.2) is 0 Å². The van der Waals surface area contributed by atoms with Gasteiger partial charge in [-0.1, -0.05) is 30.3 Å². The molecule has 1 fully saturated rings. The van der Waals surface area contributed by atoms with E-state index in [-0.39, 0.29) is 11.9 Å². The van der Waals surface area contributed by atoms with Crippen molar-refractivity contribution in [2.45, 2.75) is 25.4 Å². The first-order chi connectivity index (χ1) is 13.8. The highest BCUT2D eigenvalue weighted by atomic mass is 16.2. The second-order valence-corrected chi connectivity index (χ2v) is 7.20. The van der Waals surface area contributed by atoms with E-state index in [1.807, 2.05) is 81.1 Å². The van der Waals surface area contributed by atoms with Crippen LogP contribution in [0.4, 0.5) is 0 Å². The Labute approximate surface area is 163 Å². The van der Waals surface area contributed by atoms with Crippen molar-refractivity contribution in [1.29, 1.82) is 0 Å². The summed E-state index contributed by atoms with van der Waals surface area (Å²) in [5.74, 6) is 0.0755. The van der Waals surface area contributed by atoms with E-state index in [0.717, 1.165) is 42.8 Å². The number of nitrogens with zero attached hydrogens (tertiary/aromatic N) is 5. The van der Waals surface area contributed by atoms with Crippen molar-refractivity contribution in [3.05, 3.63) is 78.9 Å². The van der Waals surface area contributed by atoms with E-state index in [1.54, 1.807) is 6.20 Å². The van der Waals surface area contributed by atoms with Crippen LogP contribution in [0.5, 0.6) is 0 Å². The summed E-state index contributed by atoms with van der Waals surface area (Å²) in [5.41, 5.74) is 3.50. The van der Waals surface area contributed by atoms with Gasteiger partial charge in [0.1, 0.15) is 5.65 Å². The number of pyridine rings is 1. The Kier molecular flexibility index (Phi) is 4.16. The Morgan fingerprint density at radius 1 is 1.07 bits per heavy atom. The van der Waals surface area contributed by atoms with E-state index in [1.165, 1.54) is 0 Å². The first-order valence-corrected chi connectivity index (χ1v) is 9.60. The number of aromatic nitrogens is 4. The molecular formula is C22H21N5O. The Balaban J connectivity index is 1.41. The Bertz CT molecular complexity index is 1100. The third-order valence-corrected chi connectivity index (χ3v) is 5.36. The Morgan fingerprint density at radius 3 is 2.79 bits per heavy atom. The van der Waals surface area contributed by atoms with Crippen molar-refractivity contribution >= 4 is 11.6 Å². The summed E-state index contributed by atoms with van der Waals surface area (Å²) < 4.78 is 3.84. The second-order valence-electron chi connectivity index (χ2n) is 7.20. The lowest BCUT2D eigenvalue weighted by Gasteiger charge is -2.24. The standard InChI is InChI=1S/C22H21N5O/c28-22(27-13-4-8-19(27)15-26-12-5-11-23-26)18-9-10-21-24-20(16-25(21)14-18)17-6-2-1-3-7-17/h1-3,5-7,9-12,14,16,19H,4,8,13,15H2/t19-/m1/s1. The number of fused-ring (bicyclic) bond motifs is 1. The van der Waals surface area contributed by atoms with Crippen LogP contribution in [-0.4, -0.2) is 42.6 Å². The van der Waals surface area contributed by atoms with Crippen LogP contribution < -0.4 is 0 Å². The van der Waals surface area contributed by atoms with Crippen molar-refractivity contribution in [2.75, 3.05) is 6.54 Å². The van der Waals surface area contributed by atoms with Crippen LogP contribution in [0.1, 0.15) is 23.2 Å². The molecule has 0 N–H and O–H groups in total. The van der Waals surface area contributed by atoms with Gasteiger partial charge in [-0.25, -0.2) is 4.98 Å². The maximum atomic E-state index is 13.2. The predicted molar refractivity (Wildman–Crippen MR) is 107 cm³/mol. The molecule has 1 saturated heterocycles. The minimum atomic E-state index is 0.0755. The summed E-state index contributed by atoms with van der Waals surface area (Å²) in [6, 6.07) is 16.0. The molecule has 28 heavy (non-hydrogen) atoms. The first kappa shape index (κ1) is 16.7. The molecular weight excluding hydrogens is 350 g/mol. The Morgan fingerprint density at radius 2 is 1.96 bits per heavy atom. The van der Waals surface area contributed by atoms with Crippen LogP contribution in [0.2, 0.25) is 0 Å². The van der Waals surface area contributed by atoms with Crippen LogP contribution in [0.3, 0.4) is 0 Å². The van der Waals surface area contributed by atoms with E-state index in [9.17, 15) is 4.79 Å². The lowest BCUT2D eigenvalue weighted by molar-refractivity contribution is 0.0721. The average molecular weight is 371 g/mol. The molecule has 1 atom stereocenters. The summed E-state index contributed by atoms with van der Waals surface area (Å²) >= 11 is 0. The highest BCUT2D eigenvalue weighted by molar-refractivity contribution is 5.94. The summed E-state index contributed by atoms with van der Waals surface area (Å²) in [5, 5.41) is 4.29. The number of hydrogen-bond donors (Lipinski definition) is 0. The summed E-state index contributed by atoms with van der Waals surface area (Å²) in [4.78, 5) is 19.8. The minimum Gasteiger partial charge on any atom is -0.334 e. The fraction of sp³-hybridized carbons (Fsp3) is 0.227. The lowest BCUT2D eigenvalue weighted by atomic mass is 10.2. The number of benzene rings is 1. The van der Waals surface area contributed by atoms with E-state index in [4.69, 9.17) is 0 Å². The monoisotopic (exact) mass is 371 g/mol. The quantitative estimate of drug-likeness (QED) is 0.552. The van der Waals surface area contributed by atoms with Gasteiger partial charge in [-0.3, -0.25) is 9.48 Å². The summed E-state index contributed by atoms with van der Waals surface area (Å²) in [6.07, 6.45) is 9.63. The largest absolute Gasteiger partial charge is 0.334 e. The molecule has 3 aromatic heterocycles. The smallest absolute Gasteiger partial charge is 0.255 e. The average Bonchev–Trinajstić information content (AvgIpc) is 3.48. The zero-order valence-corrected chi connectivity index (χ0v) is 15.5. The molecule has 0 saturated carbocycles. The molecule has 1 aliphatic heterocycles. The third kappa shape index (κ3) is 3.07. The van der Waals surface area contributed by atoms with E-state index >= 15 is 0 Å². The molecule has 6 heteroatoms. The van der Waals surface area contributed by atoms with Gasteiger partial charge in [0, 0.05) is 36.9 Å². The normalized spacial score (nSPS) is 16.7. The van der Waals surface area contributed by atoms with Crippen molar-refractivity contribution < 1.29 is 4.79 Å². The van der Waals surface area contributed by atoms with Gasteiger partial charge >= 0.3 is 0 Å². The molecule has 140 valence electrons. The molecule has 1 amide bonds. The predicted octanol–water partition coefficient (Wildman–Crippen LogP) is 3.50. The maximum Gasteiger partial charge on any atom is 0.255 e. The molecule has 0 aliphatic carbocycles. The van der Waals surface area contributed by atoms with E-state index < -0.39 is 0 Å². The van der Waals surface area contributed by atoms with Crippen LogP contribution >= 0.6 is 0 Å². The molecule has 5 rings (SSSR count). The number of carbonyl (C=O) groups excluding carboxylic acids is 1. The fourth-order valence-electron chi connectivity index (χ4n) is 3.95. The number of likely N-dealkylation sites (tertiary alicyclic amines) is 1. The van der Waals surface area contributed by atoms with Crippen LogP contribution in [0.25, 0.3) is 16.9 Å². The third-order valence-electron chi connectivity index (χ3n) is 5.36. The van der Waals surface area contributed by atoms with Crippen molar-refractivity contribution in [2.24, 2.45) is 0 Å². The summed E-state index contributed by atoms with van der Waals surface area (Å²) in [6.45, 7) is 1.53. The number of amides is 1. The minimum absolute atomic E-state index is 0.0755. The van der Waals surface area contributed by atoms with E-state index in [2.05, 4.69) is 10.1 Å². The molecule has 0 bridgehead atoms. The number of rotatable bonds is 4. The van der Waals surface area contributed by atoms with Crippen LogP contribution in [-0.2, 0) is 6.54 Å². The number of hydrogen-bond acceptors (Lipinski definition) is 3. The molecule has 1 aromatic carbocycles. The second kappa shape index (κ2) is 6.96. The highest BCUT2D eigenvalue weighted by Crippen LogP contribution is 2.23. The van der Waals surface area contributed by atoms with Crippen LogP contribution in [0.15, 0.2) is 73.3 Å². The molecule has 0 radical (unpaired) electrons. The zero-order valence-electron chi connectivity index (χ0n) is 15.5. The zero-order chi connectivity index (χ0) is 18.9. The van der Waals surface area contributed by atoms with Gasteiger partial charge in [-0.15, -0.1) is 0 Å². The summed E-state index contributed by atoms with van der Waals surface area (Å²) in [7, 11) is 0. The first-order valence-electron chi connectivity index (χ1n) is 9.60. The lowest BCUT2D eigenvalue weighted by Crippen LogP contribution is -2.38. The van der Waals surface area contributed by atoms with Crippen LogP contribution in [0, 0.1) is 0 Å². The Hall–Kier alpha value is -3.41. The molecule has 1 aliphatic rings. The fourth-order valence-corrected chi connectivity index (χ4v) is 3.95. The van der Waals surface area contributed by atoms with Gasteiger partial charge in [0.25, 0.3) is 5.91 Å². The SMILES string of the molecule is O=C(c1ccc2nc(-c3ccccc3)cn2c1)N1CCC[C@@H]1Cn1cccn1. The molecule has 6 nitrogen and oxygen atoms in total. The molecule has 4 heterocycles. The molecule has 0 unspecified atom stereocenters. The van der Waals surface area contributed by atoms with Crippen molar-refractivity contribution in [3.8, 4) is 11.3 Å². The van der Waals surface area contributed by atoms with Crippen molar-refractivity contribution in [1.82, 2.24) is 24.1 Å². The van der Waals surface area contributed by atoms with Gasteiger partial charge in [0.05, 0.1) is 23.8 Å². The highest BCUT2D eigenvalue weighted by Gasteiger charge is 2.30. The molecule has 0 spiro atoms. The van der Waals surface area contributed by atoms with Gasteiger partial charge in [-0.05, 0) is 31.0 Å². The van der Waals surface area contributed by atoms with Crippen molar-refractivity contribution in [3.63, 3.8) is 0 Å². The topological polar surface area (TPSA) is 55.4 Å². The van der Waals surface area contributed by atoms with Gasteiger partial charge < -0.3 is 9.30 Å². The molecule has 4 aromatic rings. The number of imidazole rings is 1. The maximum absolute atomic E-state index is 13.2. The van der Waals surface area contributed by atoms with Gasteiger partial charge in [-0.2, -0.15) is 5.10 Å².